The summed E-state index contributed by atoms with van der Waals surface area (Å²) in [6.07, 6.45) is 0.0882. The van der Waals surface area contributed by atoms with Crippen LogP contribution in [0.1, 0.15) is 16.9 Å². The van der Waals surface area contributed by atoms with Gasteiger partial charge in [0.15, 0.2) is 11.3 Å². The molecule has 0 saturated heterocycles. The van der Waals surface area contributed by atoms with E-state index in [1.165, 1.54) is 4.57 Å². The van der Waals surface area contributed by atoms with E-state index >= 15 is 0 Å². The number of fused-ring (bicyclic) bond motifs is 2. The Bertz CT molecular complexity index is 1250. The lowest BCUT2D eigenvalue weighted by molar-refractivity contribution is -0.116. The van der Waals surface area contributed by atoms with Crippen LogP contribution in [0.2, 0.25) is 0 Å². The van der Waals surface area contributed by atoms with Gasteiger partial charge in [-0.15, -0.1) is 0 Å². The Morgan fingerprint density at radius 1 is 1.21 bits per heavy atom. The first-order valence-electron chi connectivity index (χ1n) is 8.63. The summed E-state index contributed by atoms with van der Waals surface area (Å²) in [5.41, 5.74) is 2.61. The lowest BCUT2D eigenvalue weighted by Gasteiger charge is -2.06. The molecule has 0 atom stereocenters. The molecule has 28 heavy (non-hydrogen) atoms. The normalized spacial score (nSPS) is 11.0. The monoisotopic (exact) mass is 379 g/mol. The van der Waals surface area contributed by atoms with Crippen LogP contribution in [-0.2, 0) is 11.8 Å². The average molecular weight is 379 g/mol. The number of amides is 2. The third-order valence-electron chi connectivity index (χ3n) is 4.40. The lowest BCUT2D eigenvalue weighted by Crippen LogP contribution is -2.28. The second-order valence-corrected chi connectivity index (χ2v) is 6.28. The molecule has 0 bridgehead atoms. The predicted molar refractivity (Wildman–Crippen MR) is 103 cm³/mol. The molecule has 0 spiro atoms. The minimum absolute atomic E-state index is 0.0882. The van der Waals surface area contributed by atoms with Crippen molar-refractivity contribution in [2.45, 2.75) is 6.42 Å². The van der Waals surface area contributed by atoms with Crippen molar-refractivity contribution in [3.63, 3.8) is 0 Å². The summed E-state index contributed by atoms with van der Waals surface area (Å²) < 4.78 is 6.48. The number of anilines is 1. The predicted octanol–water partition coefficient (Wildman–Crippen LogP) is 1.77. The Morgan fingerprint density at radius 2 is 2.04 bits per heavy atom. The Balaban J connectivity index is 1.34. The minimum atomic E-state index is -0.466. The van der Waals surface area contributed by atoms with Crippen LogP contribution < -0.4 is 16.4 Å². The van der Waals surface area contributed by atoms with Gasteiger partial charge in [-0.25, -0.2) is 4.79 Å². The smallest absolute Gasteiger partial charge is 0.408 e. The van der Waals surface area contributed by atoms with Gasteiger partial charge in [0.05, 0.1) is 11.0 Å². The molecule has 0 fully saturated rings. The third kappa shape index (κ3) is 3.25. The molecule has 2 heterocycles. The Morgan fingerprint density at radius 3 is 2.89 bits per heavy atom. The van der Waals surface area contributed by atoms with Crippen molar-refractivity contribution in [2.75, 3.05) is 11.9 Å². The van der Waals surface area contributed by atoms with Gasteiger partial charge in [0, 0.05) is 37.2 Å². The van der Waals surface area contributed by atoms with Gasteiger partial charge in [0.2, 0.25) is 5.91 Å². The standard InChI is InChI=1S/C19H17N5O4/c1-24-14-7-6-11(10-15(14)28-19(24)27)21-16(25)8-9-20-18(26)17-12-4-2-3-5-13(12)22-23-17/h2-7,10H,8-9H2,1H3,(H,20,26)(H,21,25)(H,22,23). The number of H-pyrrole nitrogens is 1. The first kappa shape index (κ1) is 17.5. The fourth-order valence-corrected chi connectivity index (χ4v) is 2.94. The fourth-order valence-electron chi connectivity index (χ4n) is 2.94. The first-order valence-corrected chi connectivity index (χ1v) is 8.63. The molecule has 2 amide bonds. The van der Waals surface area contributed by atoms with Crippen molar-refractivity contribution in [3.8, 4) is 0 Å². The maximum Gasteiger partial charge on any atom is 0.419 e. The Labute approximate surface area is 158 Å². The maximum absolute atomic E-state index is 12.3. The van der Waals surface area contributed by atoms with Crippen LogP contribution in [0.5, 0.6) is 0 Å². The summed E-state index contributed by atoms with van der Waals surface area (Å²) in [4.78, 5) is 35.9. The van der Waals surface area contributed by atoms with Crippen LogP contribution in [0.25, 0.3) is 22.0 Å². The summed E-state index contributed by atoms with van der Waals surface area (Å²) in [6.45, 7) is 0.161. The highest BCUT2D eigenvalue weighted by atomic mass is 16.4. The number of aromatic amines is 1. The highest BCUT2D eigenvalue weighted by Gasteiger charge is 2.14. The Hall–Kier alpha value is -3.88. The topological polar surface area (TPSA) is 122 Å². The second-order valence-electron chi connectivity index (χ2n) is 6.28. The molecule has 2 aromatic heterocycles. The maximum atomic E-state index is 12.3. The van der Waals surface area contributed by atoms with Crippen molar-refractivity contribution in [1.29, 1.82) is 0 Å². The molecule has 0 radical (unpaired) electrons. The summed E-state index contributed by atoms with van der Waals surface area (Å²) in [7, 11) is 1.61. The number of hydrogen-bond donors (Lipinski definition) is 3. The van der Waals surface area contributed by atoms with Crippen LogP contribution in [0.3, 0.4) is 0 Å². The van der Waals surface area contributed by atoms with Gasteiger partial charge in [-0.05, 0) is 18.2 Å². The van der Waals surface area contributed by atoms with Gasteiger partial charge in [-0.1, -0.05) is 18.2 Å². The number of rotatable bonds is 5. The zero-order chi connectivity index (χ0) is 19.7. The van der Waals surface area contributed by atoms with E-state index in [-0.39, 0.29) is 24.8 Å². The summed E-state index contributed by atoms with van der Waals surface area (Å²) in [6, 6.07) is 12.3. The van der Waals surface area contributed by atoms with Gasteiger partial charge in [0.1, 0.15) is 0 Å². The van der Waals surface area contributed by atoms with Crippen molar-refractivity contribution in [3.05, 3.63) is 58.7 Å². The highest BCUT2D eigenvalue weighted by molar-refractivity contribution is 6.04. The number of nitrogens with zero attached hydrogens (tertiary/aromatic N) is 2. The zero-order valence-corrected chi connectivity index (χ0v) is 15.0. The van der Waals surface area contributed by atoms with Crippen LogP contribution in [0.4, 0.5) is 5.69 Å². The molecule has 0 saturated carbocycles. The van der Waals surface area contributed by atoms with E-state index in [2.05, 4.69) is 20.8 Å². The molecule has 0 aliphatic carbocycles. The fraction of sp³-hybridized carbons (Fsp3) is 0.158. The van der Waals surface area contributed by atoms with Crippen LogP contribution in [-0.4, -0.2) is 33.1 Å². The number of aromatic nitrogens is 3. The number of benzene rings is 2. The minimum Gasteiger partial charge on any atom is -0.408 e. The van der Waals surface area contributed by atoms with Gasteiger partial charge < -0.3 is 15.1 Å². The van der Waals surface area contributed by atoms with E-state index in [9.17, 15) is 14.4 Å². The molecule has 9 heteroatoms. The number of carbonyl (C=O) groups is 2. The molecular formula is C19H17N5O4. The zero-order valence-electron chi connectivity index (χ0n) is 15.0. The van der Waals surface area contributed by atoms with Crippen LogP contribution in [0.15, 0.2) is 51.7 Å². The molecule has 0 aliphatic rings. The molecule has 3 N–H and O–H groups in total. The number of para-hydroxylation sites is 1. The van der Waals surface area contributed by atoms with E-state index in [4.69, 9.17) is 4.42 Å². The van der Waals surface area contributed by atoms with Crippen molar-refractivity contribution in [2.24, 2.45) is 7.05 Å². The molecule has 0 aliphatic heterocycles. The van der Waals surface area contributed by atoms with E-state index < -0.39 is 5.76 Å². The lowest BCUT2D eigenvalue weighted by atomic mass is 10.2. The van der Waals surface area contributed by atoms with E-state index in [0.29, 0.717) is 22.5 Å². The summed E-state index contributed by atoms with van der Waals surface area (Å²) in [5, 5.41) is 13.0. The quantitative estimate of drug-likeness (QED) is 0.488. The second kappa shape index (κ2) is 7.03. The average Bonchev–Trinajstić information content (AvgIpc) is 3.23. The van der Waals surface area contributed by atoms with E-state index in [1.807, 2.05) is 18.2 Å². The number of nitrogens with one attached hydrogen (secondary N) is 3. The SMILES string of the molecule is Cn1c(=O)oc2cc(NC(=O)CCNC(=O)c3n[nH]c4ccccc34)ccc21. The van der Waals surface area contributed by atoms with Gasteiger partial charge in [-0.3, -0.25) is 19.3 Å². The van der Waals surface area contributed by atoms with Crippen LogP contribution >= 0.6 is 0 Å². The van der Waals surface area contributed by atoms with Gasteiger partial charge in [-0.2, -0.15) is 5.10 Å². The Kier molecular flexibility index (Phi) is 4.40. The number of hydrogen-bond acceptors (Lipinski definition) is 5. The number of oxazole rings is 1. The summed E-state index contributed by atoms with van der Waals surface area (Å²) in [5.74, 6) is -1.09. The molecule has 0 unspecified atom stereocenters. The molecular weight excluding hydrogens is 362 g/mol. The highest BCUT2D eigenvalue weighted by Crippen LogP contribution is 2.18. The molecule has 4 aromatic rings. The van der Waals surface area contributed by atoms with Gasteiger partial charge >= 0.3 is 5.76 Å². The van der Waals surface area contributed by atoms with Crippen molar-refractivity contribution >= 4 is 39.5 Å². The third-order valence-corrected chi connectivity index (χ3v) is 4.40. The van der Waals surface area contributed by atoms with Crippen LogP contribution in [0, 0.1) is 0 Å². The molecule has 9 nitrogen and oxygen atoms in total. The molecule has 2 aromatic carbocycles. The number of carbonyl (C=O) groups excluding carboxylic acids is 2. The first-order chi connectivity index (χ1) is 13.5. The van der Waals surface area contributed by atoms with E-state index in [0.717, 1.165) is 10.9 Å². The molecule has 4 rings (SSSR count). The molecule has 142 valence electrons. The number of aryl methyl sites for hydroxylation is 1. The van der Waals surface area contributed by atoms with Crippen molar-refractivity contribution < 1.29 is 14.0 Å². The largest absolute Gasteiger partial charge is 0.419 e. The summed E-state index contributed by atoms with van der Waals surface area (Å²) >= 11 is 0. The van der Waals surface area contributed by atoms with E-state index in [1.54, 1.807) is 31.3 Å². The van der Waals surface area contributed by atoms with Gasteiger partial charge in [0.25, 0.3) is 5.91 Å². The van der Waals surface area contributed by atoms with Crippen molar-refractivity contribution in [1.82, 2.24) is 20.1 Å².